The number of rotatable bonds is 3. The molecule has 114 valence electrons. The summed E-state index contributed by atoms with van der Waals surface area (Å²) in [5.74, 6) is -1.53. The van der Waals surface area contributed by atoms with Crippen LogP contribution in [0.5, 0.6) is 0 Å². The summed E-state index contributed by atoms with van der Waals surface area (Å²) in [6.45, 7) is 0.453. The van der Waals surface area contributed by atoms with Gasteiger partial charge in [-0.15, -0.1) is 0 Å². The average molecular weight is 305 g/mol. The van der Waals surface area contributed by atoms with Crippen LogP contribution < -0.4 is 10.6 Å². The highest BCUT2D eigenvalue weighted by molar-refractivity contribution is 6.08. The average Bonchev–Trinajstić information content (AvgIpc) is 2.98. The summed E-state index contributed by atoms with van der Waals surface area (Å²) >= 11 is 0. The first-order valence-corrected chi connectivity index (χ1v) is 7.33. The molecule has 3 rings (SSSR count). The van der Waals surface area contributed by atoms with Crippen molar-refractivity contribution in [2.75, 3.05) is 11.9 Å². The van der Waals surface area contributed by atoms with Crippen molar-refractivity contribution in [3.8, 4) is 6.07 Å². The van der Waals surface area contributed by atoms with Gasteiger partial charge in [0.25, 0.3) is 0 Å². The molecular weight excluding hydrogens is 290 g/mol. The Hall–Kier alpha value is -3.13. The first-order chi connectivity index (χ1) is 11.2. The minimum Gasteiger partial charge on any atom is -0.355 e. The van der Waals surface area contributed by atoms with Gasteiger partial charge in [-0.2, -0.15) is 5.26 Å². The summed E-state index contributed by atoms with van der Waals surface area (Å²) in [7, 11) is 0. The molecule has 2 amide bonds. The maximum absolute atomic E-state index is 12.5. The maximum Gasteiger partial charge on any atom is 0.237 e. The highest BCUT2D eigenvalue weighted by Crippen LogP contribution is 2.29. The second-order valence-electron chi connectivity index (χ2n) is 5.42. The number of amides is 2. The first-order valence-electron chi connectivity index (χ1n) is 7.33. The molecule has 1 aliphatic rings. The Bertz CT molecular complexity index is 763. The van der Waals surface area contributed by atoms with E-state index in [2.05, 4.69) is 10.6 Å². The molecule has 2 aromatic rings. The number of nitrogens with one attached hydrogen (secondary N) is 2. The third-order valence-corrected chi connectivity index (χ3v) is 3.97. The molecule has 1 heterocycles. The summed E-state index contributed by atoms with van der Waals surface area (Å²) in [6, 6.07) is 18.1. The molecule has 0 aromatic heterocycles. The Morgan fingerprint density at radius 1 is 1.13 bits per heavy atom. The summed E-state index contributed by atoms with van der Waals surface area (Å²) in [4.78, 5) is 24.6. The van der Waals surface area contributed by atoms with Crippen LogP contribution in [0.25, 0.3) is 0 Å². The van der Waals surface area contributed by atoms with E-state index in [9.17, 15) is 9.59 Å². The number of anilines is 1. The van der Waals surface area contributed by atoms with Crippen LogP contribution in [0.15, 0.2) is 54.6 Å². The lowest BCUT2D eigenvalue weighted by Gasteiger charge is -2.17. The van der Waals surface area contributed by atoms with Crippen LogP contribution in [0.2, 0.25) is 0 Å². The van der Waals surface area contributed by atoms with Crippen LogP contribution in [-0.4, -0.2) is 18.4 Å². The van der Waals surface area contributed by atoms with E-state index in [1.54, 1.807) is 24.3 Å². The van der Waals surface area contributed by atoms with Gasteiger partial charge in [-0.25, -0.2) is 0 Å². The second kappa shape index (κ2) is 6.32. The minimum atomic E-state index is -0.756. The van der Waals surface area contributed by atoms with E-state index >= 15 is 0 Å². The molecule has 1 aliphatic heterocycles. The Kier molecular flexibility index (Phi) is 4.07. The van der Waals surface area contributed by atoms with Crippen molar-refractivity contribution >= 4 is 17.5 Å². The molecule has 2 aromatic carbocycles. The lowest BCUT2D eigenvalue weighted by molar-refractivity contribution is -0.130. The monoisotopic (exact) mass is 305 g/mol. The van der Waals surface area contributed by atoms with E-state index in [-0.39, 0.29) is 17.7 Å². The molecule has 5 nitrogen and oxygen atoms in total. The number of hydrogen-bond acceptors (Lipinski definition) is 3. The van der Waals surface area contributed by atoms with E-state index in [1.807, 2.05) is 36.4 Å². The highest BCUT2D eigenvalue weighted by Gasteiger charge is 2.40. The van der Waals surface area contributed by atoms with Crippen LogP contribution in [0.1, 0.15) is 17.0 Å². The number of carbonyl (C=O) groups is 2. The van der Waals surface area contributed by atoms with Crippen LogP contribution in [-0.2, 0) is 9.59 Å². The number of carbonyl (C=O) groups excluding carboxylic acids is 2. The van der Waals surface area contributed by atoms with Gasteiger partial charge in [0.2, 0.25) is 11.8 Å². The van der Waals surface area contributed by atoms with Gasteiger partial charge in [-0.3, -0.25) is 9.59 Å². The number of nitriles is 1. The van der Waals surface area contributed by atoms with Crippen molar-refractivity contribution in [3.63, 3.8) is 0 Å². The molecule has 0 aliphatic carbocycles. The number of nitrogens with zero attached hydrogens (tertiary/aromatic N) is 1. The molecular formula is C18H15N3O2. The van der Waals surface area contributed by atoms with Crippen molar-refractivity contribution in [1.82, 2.24) is 5.32 Å². The van der Waals surface area contributed by atoms with Gasteiger partial charge in [0.1, 0.15) is 5.92 Å². The Morgan fingerprint density at radius 2 is 1.83 bits per heavy atom. The van der Waals surface area contributed by atoms with Crippen LogP contribution in [0, 0.1) is 17.2 Å². The predicted molar refractivity (Wildman–Crippen MR) is 85.5 cm³/mol. The van der Waals surface area contributed by atoms with Gasteiger partial charge in [0.05, 0.1) is 11.6 Å². The van der Waals surface area contributed by atoms with Crippen molar-refractivity contribution in [2.24, 2.45) is 5.92 Å². The van der Waals surface area contributed by atoms with E-state index in [0.29, 0.717) is 17.8 Å². The lowest BCUT2D eigenvalue weighted by Crippen LogP contribution is -2.32. The van der Waals surface area contributed by atoms with E-state index in [1.165, 1.54) is 0 Å². The molecule has 0 saturated carbocycles. The fraction of sp³-hybridized carbons (Fsp3) is 0.167. The molecule has 2 unspecified atom stereocenters. The van der Waals surface area contributed by atoms with Crippen LogP contribution in [0.4, 0.5) is 5.69 Å². The molecule has 2 N–H and O–H groups in total. The fourth-order valence-corrected chi connectivity index (χ4v) is 2.78. The zero-order valence-corrected chi connectivity index (χ0v) is 12.3. The largest absolute Gasteiger partial charge is 0.355 e. The second-order valence-corrected chi connectivity index (χ2v) is 5.42. The third-order valence-electron chi connectivity index (χ3n) is 3.97. The topological polar surface area (TPSA) is 82.0 Å². The Balaban J connectivity index is 1.79. The molecule has 23 heavy (non-hydrogen) atoms. The quantitative estimate of drug-likeness (QED) is 0.851. The molecule has 5 heteroatoms. The molecule has 1 saturated heterocycles. The fourth-order valence-electron chi connectivity index (χ4n) is 2.78. The van der Waals surface area contributed by atoms with E-state index < -0.39 is 5.92 Å². The van der Waals surface area contributed by atoms with Gasteiger partial charge in [-0.1, -0.05) is 30.3 Å². The summed E-state index contributed by atoms with van der Waals surface area (Å²) < 4.78 is 0. The van der Waals surface area contributed by atoms with Gasteiger partial charge >= 0.3 is 0 Å². The zero-order valence-electron chi connectivity index (χ0n) is 12.3. The van der Waals surface area contributed by atoms with Gasteiger partial charge in [0, 0.05) is 18.2 Å². The van der Waals surface area contributed by atoms with E-state index in [4.69, 9.17) is 5.26 Å². The summed E-state index contributed by atoms with van der Waals surface area (Å²) in [5, 5.41) is 14.3. The van der Waals surface area contributed by atoms with Crippen molar-refractivity contribution in [3.05, 3.63) is 65.7 Å². The van der Waals surface area contributed by atoms with Gasteiger partial charge in [-0.05, 0) is 29.8 Å². The third kappa shape index (κ3) is 3.06. The van der Waals surface area contributed by atoms with Crippen LogP contribution in [0.3, 0.4) is 0 Å². The van der Waals surface area contributed by atoms with Gasteiger partial charge < -0.3 is 10.6 Å². The molecule has 2 atom stereocenters. The summed E-state index contributed by atoms with van der Waals surface area (Å²) in [6.07, 6.45) is 0. The molecule has 0 radical (unpaired) electrons. The Morgan fingerprint density at radius 3 is 2.48 bits per heavy atom. The molecule has 0 bridgehead atoms. The Labute approximate surface area is 133 Å². The number of benzene rings is 2. The smallest absolute Gasteiger partial charge is 0.237 e. The molecule has 0 spiro atoms. The first kappa shape index (κ1) is 14.8. The van der Waals surface area contributed by atoms with Gasteiger partial charge in [0.15, 0.2) is 0 Å². The van der Waals surface area contributed by atoms with Crippen LogP contribution >= 0.6 is 0 Å². The molecule has 1 fully saturated rings. The SMILES string of the molecule is N#Cc1ccc(NC(=O)C2C(=O)NCC2c2ccccc2)cc1. The predicted octanol–water partition coefficient (Wildman–Crippen LogP) is 2.03. The maximum atomic E-state index is 12.5. The number of hydrogen-bond donors (Lipinski definition) is 2. The minimum absolute atomic E-state index is 0.179. The standard InChI is InChI=1S/C18H15N3O2/c19-10-12-6-8-14(9-7-12)21-18(23)16-15(11-20-17(16)22)13-4-2-1-3-5-13/h1-9,15-16H,11H2,(H,20,22)(H,21,23). The summed E-state index contributed by atoms with van der Waals surface area (Å²) in [5.41, 5.74) is 2.05. The van der Waals surface area contributed by atoms with Crippen molar-refractivity contribution < 1.29 is 9.59 Å². The van der Waals surface area contributed by atoms with Crippen molar-refractivity contribution in [1.29, 1.82) is 5.26 Å². The lowest BCUT2D eigenvalue weighted by atomic mass is 9.88. The highest BCUT2D eigenvalue weighted by atomic mass is 16.2. The zero-order chi connectivity index (χ0) is 16.2. The van der Waals surface area contributed by atoms with E-state index in [0.717, 1.165) is 5.56 Å². The normalized spacial score (nSPS) is 19.7. The van der Waals surface area contributed by atoms with Crippen molar-refractivity contribution in [2.45, 2.75) is 5.92 Å².